The van der Waals surface area contributed by atoms with Gasteiger partial charge in [-0.25, -0.2) is 9.18 Å². The van der Waals surface area contributed by atoms with Crippen LogP contribution in [0.3, 0.4) is 0 Å². The average molecular weight is 293 g/mol. The quantitative estimate of drug-likeness (QED) is 0.686. The van der Waals surface area contributed by atoms with Gasteiger partial charge in [0, 0.05) is 18.7 Å². The Kier molecular flexibility index (Phi) is 5.24. The Bertz CT molecular complexity index is 586. The zero-order chi connectivity index (χ0) is 16.2. The summed E-state index contributed by atoms with van der Waals surface area (Å²) in [5.41, 5.74) is 0.655. The molecule has 0 unspecified atom stereocenters. The summed E-state index contributed by atoms with van der Waals surface area (Å²) in [5, 5.41) is 2.51. The van der Waals surface area contributed by atoms with Crippen molar-refractivity contribution in [1.82, 2.24) is 0 Å². The molecule has 0 spiro atoms. The summed E-state index contributed by atoms with van der Waals surface area (Å²) in [6.07, 6.45) is 2.71. The highest BCUT2D eigenvalue weighted by atomic mass is 19.1. The first-order valence-corrected chi connectivity index (χ1v) is 6.57. The van der Waals surface area contributed by atoms with E-state index in [0.717, 1.165) is 0 Å². The largest absolute Gasteiger partial charge is 0.457 e. The molecule has 114 valence electrons. The van der Waals surface area contributed by atoms with E-state index in [4.69, 9.17) is 4.74 Å². The first-order valence-electron chi connectivity index (χ1n) is 6.57. The zero-order valence-corrected chi connectivity index (χ0v) is 12.9. The second kappa shape index (κ2) is 6.52. The topological polar surface area (TPSA) is 55.4 Å². The standard InChI is InChI=1S/C16H20FNO3/c1-10-12(6-7-15(20)21-16(3,4)5)8-13(9-14(10)17)18-11(2)19/h6-9H,1-5H3,(H,18,19)/b7-6+. The normalized spacial score (nSPS) is 11.5. The lowest BCUT2D eigenvalue weighted by atomic mass is 10.1. The van der Waals surface area contributed by atoms with Crippen LogP contribution in [0.2, 0.25) is 0 Å². The molecule has 0 fully saturated rings. The van der Waals surface area contributed by atoms with E-state index in [9.17, 15) is 14.0 Å². The van der Waals surface area contributed by atoms with E-state index in [0.29, 0.717) is 16.8 Å². The first kappa shape index (κ1) is 16.9. The molecule has 0 aliphatic carbocycles. The predicted octanol–water partition coefficient (Wildman–Crippen LogP) is 3.45. The van der Waals surface area contributed by atoms with Crippen LogP contribution < -0.4 is 5.32 Å². The number of hydrogen-bond acceptors (Lipinski definition) is 3. The van der Waals surface area contributed by atoms with Gasteiger partial charge in [-0.05, 0) is 57.0 Å². The molecule has 0 saturated heterocycles. The number of ether oxygens (including phenoxy) is 1. The van der Waals surface area contributed by atoms with E-state index in [1.807, 2.05) is 0 Å². The molecule has 1 amide bonds. The van der Waals surface area contributed by atoms with Gasteiger partial charge in [0.1, 0.15) is 11.4 Å². The van der Waals surface area contributed by atoms with Crippen molar-refractivity contribution in [3.63, 3.8) is 0 Å². The molecule has 0 aromatic heterocycles. The fourth-order valence-corrected chi connectivity index (χ4v) is 1.64. The van der Waals surface area contributed by atoms with Crippen LogP contribution in [0.4, 0.5) is 10.1 Å². The summed E-state index contributed by atoms with van der Waals surface area (Å²) < 4.78 is 18.9. The van der Waals surface area contributed by atoms with Crippen molar-refractivity contribution in [1.29, 1.82) is 0 Å². The summed E-state index contributed by atoms with van der Waals surface area (Å²) in [6, 6.07) is 2.84. The maximum atomic E-state index is 13.8. The number of nitrogens with one attached hydrogen (secondary N) is 1. The molecule has 1 aromatic carbocycles. The fourth-order valence-electron chi connectivity index (χ4n) is 1.64. The van der Waals surface area contributed by atoms with Gasteiger partial charge in [-0.15, -0.1) is 0 Å². The summed E-state index contributed by atoms with van der Waals surface area (Å²) in [4.78, 5) is 22.6. The second-order valence-corrected chi connectivity index (χ2v) is 5.72. The Morgan fingerprint density at radius 1 is 1.29 bits per heavy atom. The fraction of sp³-hybridized carbons (Fsp3) is 0.375. The van der Waals surface area contributed by atoms with Crippen LogP contribution in [0.25, 0.3) is 6.08 Å². The summed E-state index contributed by atoms with van der Waals surface area (Å²) >= 11 is 0. The number of carbonyl (C=O) groups excluding carboxylic acids is 2. The van der Waals surface area contributed by atoms with E-state index in [1.54, 1.807) is 33.8 Å². The number of amides is 1. The molecule has 21 heavy (non-hydrogen) atoms. The highest BCUT2D eigenvalue weighted by molar-refractivity contribution is 5.90. The van der Waals surface area contributed by atoms with Crippen molar-refractivity contribution in [2.75, 3.05) is 5.32 Å². The lowest BCUT2D eigenvalue weighted by molar-refractivity contribution is -0.148. The summed E-state index contributed by atoms with van der Waals surface area (Å²) in [5.74, 6) is -1.25. The van der Waals surface area contributed by atoms with Crippen LogP contribution in [0.5, 0.6) is 0 Å². The Balaban J connectivity index is 2.99. The van der Waals surface area contributed by atoms with Crippen LogP contribution in [0.1, 0.15) is 38.8 Å². The van der Waals surface area contributed by atoms with Crippen molar-refractivity contribution >= 4 is 23.6 Å². The molecule has 0 aliphatic heterocycles. The average Bonchev–Trinajstić information content (AvgIpc) is 2.28. The van der Waals surface area contributed by atoms with Crippen molar-refractivity contribution in [2.45, 2.75) is 40.2 Å². The van der Waals surface area contributed by atoms with E-state index in [-0.39, 0.29) is 5.91 Å². The number of hydrogen-bond donors (Lipinski definition) is 1. The molecule has 0 aliphatic rings. The van der Waals surface area contributed by atoms with E-state index in [2.05, 4.69) is 5.32 Å². The van der Waals surface area contributed by atoms with E-state index in [1.165, 1.54) is 25.1 Å². The van der Waals surface area contributed by atoms with E-state index >= 15 is 0 Å². The smallest absolute Gasteiger partial charge is 0.331 e. The lowest BCUT2D eigenvalue weighted by Gasteiger charge is -2.18. The van der Waals surface area contributed by atoms with E-state index < -0.39 is 17.4 Å². The van der Waals surface area contributed by atoms with Gasteiger partial charge in [0.25, 0.3) is 0 Å². The first-order chi connectivity index (χ1) is 9.58. The third-order valence-corrected chi connectivity index (χ3v) is 2.51. The van der Waals surface area contributed by atoms with Gasteiger partial charge in [0.05, 0.1) is 0 Å². The number of benzene rings is 1. The second-order valence-electron chi connectivity index (χ2n) is 5.72. The van der Waals surface area contributed by atoms with Crippen molar-refractivity contribution in [3.05, 3.63) is 35.2 Å². The molecule has 1 N–H and O–H groups in total. The molecule has 0 bridgehead atoms. The minimum Gasteiger partial charge on any atom is -0.457 e. The molecule has 0 radical (unpaired) electrons. The van der Waals surface area contributed by atoms with Crippen molar-refractivity contribution in [3.8, 4) is 0 Å². The number of carbonyl (C=O) groups is 2. The highest BCUT2D eigenvalue weighted by Gasteiger charge is 2.14. The van der Waals surface area contributed by atoms with Gasteiger partial charge >= 0.3 is 5.97 Å². The lowest BCUT2D eigenvalue weighted by Crippen LogP contribution is -2.22. The minimum absolute atomic E-state index is 0.291. The van der Waals surface area contributed by atoms with Crippen molar-refractivity contribution in [2.24, 2.45) is 0 Å². The van der Waals surface area contributed by atoms with Crippen molar-refractivity contribution < 1.29 is 18.7 Å². The maximum absolute atomic E-state index is 13.8. The Morgan fingerprint density at radius 3 is 2.43 bits per heavy atom. The predicted molar refractivity (Wildman–Crippen MR) is 80.3 cm³/mol. The number of rotatable bonds is 3. The molecule has 1 aromatic rings. The molecule has 0 heterocycles. The number of anilines is 1. The molecule has 1 rings (SSSR count). The summed E-state index contributed by atoms with van der Waals surface area (Å²) in [7, 11) is 0. The number of halogens is 1. The van der Waals surface area contributed by atoms with Crippen LogP contribution >= 0.6 is 0 Å². The molecule has 5 heteroatoms. The van der Waals surface area contributed by atoms with Gasteiger partial charge in [-0.1, -0.05) is 0 Å². The van der Waals surface area contributed by atoms with Gasteiger partial charge in [-0.3, -0.25) is 4.79 Å². The van der Waals surface area contributed by atoms with Crippen LogP contribution in [0, 0.1) is 12.7 Å². The number of esters is 1. The molecule has 4 nitrogen and oxygen atoms in total. The Labute approximate surface area is 124 Å². The highest BCUT2D eigenvalue weighted by Crippen LogP contribution is 2.21. The minimum atomic E-state index is -0.584. The third kappa shape index (κ3) is 5.77. The van der Waals surface area contributed by atoms with Gasteiger partial charge in [0.15, 0.2) is 0 Å². The van der Waals surface area contributed by atoms with Crippen LogP contribution in [-0.2, 0) is 14.3 Å². The SMILES string of the molecule is CC(=O)Nc1cc(F)c(C)c(/C=C/C(=O)OC(C)(C)C)c1. The molecular formula is C16H20FNO3. The van der Waals surface area contributed by atoms with Crippen LogP contribution in [-0.4, -0.2) is 17.5 Å². The Hall–Kier alpha value is -2.17. The van der Waals surface area contributed by atoms with Gasteiger partial charge in [-0.2, -0.15) is 0 Å². The third-order valence-electron chi connectivity index (χ3n) is 2.51. The van der Waals surface area contributed by atoms with Gasteiger partial charge in [0.2, 0.25) is 5.91 Å². The maximum Gasteiger partial charge on any atom is 0.331 e. The van der Waals surface area contributed by atoms with Gasteiger partial charge < -0.3 is 10.1 Å². The summed E-state index contributed by atoms with van der Waals surface area (Å²) in [6.45, 7) is 8.23. The monoisotopic (exact) mass is 293 g/mol. The Morgan fingerprint density at radius 2 is 1.90 bits per heavy atom. The molecular weight excluding hydrogens is 273 g/mol. The van der Waals surface area contributed by atoms with Crippen LogP contribution in [0.15, 0.2) is 18.2 Å². The molecule has 0 atom stereocenters. The molecule has 0 saturated carbocycles. The zero-order valence-electron chi connectivity index (χ0n) is 12.9.